The van der Waals surface area contributed by atoms with Crippen molar-refractivity contribution in [1.82, 2.24) is 0 Å². The molecule has 0 saturated heterocycles. The molecule has 0 aromatic carbocycles. The van der Waals surface area contributed by atoms with Crippen molar-refractivity contribution >= 4 is 5.78 Å². The first-order valence-electron chi connectivity index (χ1n) is 9.25. The molecule has 0 unspecified atom stereocenters. The highest BCUT2D eigenvalue weighted by Gasteiger charge is 2.62. The third kappa shape index (κ3) is 1.84. The smallest absolute Gasteiger partial charge is 0.136 e. The predicted octanol–water partition coefficient (Wildman–Crippen LogP) is 2.93. The van der Waals surface area contributed by atoms with E-state index in [-0.39, 0.29) is 29.0 Å². The zero-order valence-corrected chi connectivity index (χ0v) is 13.9. The van der Waals surface area contributed by atoms with E-state index in [1.165, 1.54) is 0 Å². The van der Waals surface area contributed by atoms with Gasteiger partial charge in [-0.1, -0.05) is 13.8 Å². The molecule has 0 bridgehead atoms. The summed E-state index contributed by atoms with van der Waals surface area (Å²) in [5.74, 6) is 1.85. The molecule has 0 aromatic heterocycles. The van der Waals surface area contributed by atoms with Gasteiger partial charge in [-0.25, -0.2) is 0 Å². The summed E-state index contributed by atoms with van der Waals surface area (Å²) in [4.78, 5) is 13.0. The summed E-state index contributed by atoms with van der Waals surface area (Å²) in [6.07, 6.45) is 7.07. The Morgan fingerprint density at radius 1 is 0.955 bits per heavy atom. The molecule has 0 aromatic rings. The van der Waals surface area contributed by atoms with Gasteiger partial charge in [0.15, 0.2) is 0 Å². The van der Waals surface area contributed by atoms with Crippen molar-refractivity contribution < 1.29 is 15.0 Å². The fourth-order valence-corrected chi connectivity index (χ4v) is 6.88. The van der Waals surface area contributed by atoms with Crippen LogP contribution in [0.1, 0.15) is 65.2 Å². The van der Waals surface area contributed by atoms with Gasteiger partial charge in [0, 0.05) is 12.3 Å². The maximum atomic E-state index is 13.0. The van der Waals surface area contributed by atoms with Crippen LogP contribution >= 0.6 is 0 Å². The van der Waals surface area contributed by atoms with Crippen LogP contribution in [0.2, 0.25) is 0 Å². The average Bonchev–Trinajstić information content (AvgIpc) is 2.77. The Labute approximate surface area is 133 Å². The SMILES string of the molecule is C[C@]12CC[C@H](O)C[C@@H]1CC(=O)[C@H]1[C@@H]2CC[C@@]2(C)[C@@H](O)CC[C@@H]12. The number of fused-ring (bicyclic) bond motifs is 5. The second-order valence-electron chi connectivity index (χ2n) is 9.18. The topological polar surface area (TPSA) is 57.5 Å². The van der Waals surface area contributed by atoms with E-state index in [4.69, 9.17) is 0 Å². The number of aliphatic hydroxyl groups excluding tert-OH is 2. The number of aliphatic hydroxyl groups is 2. The van der Waals surface area contributed by atoms with E-state index in [1.807, 2.05) is 0 Å². The van der Waals surface area contributed by atoms with E-state index < -0.39 is 0 Å². The third-order valence-corrected chi connectivity index (χ3v) is 8.39. The predicted molar refractivity (Wildman–Crippen MR) is 84.1 cm³/mol. The Hall–Kier alpha value is -0.410. The zero-order chi connectivity index (χ0) is 15.7. The first kappa shape index (κ1) is 15.1. The molecule has 4 saturated carbocycles. The van der Waals surface area contributed by atoms with Crippen molar-refractivity contribution in [3.8, 4) is 0 Å². The van der Waals surface area contributed by atoms with Crippen LogP contribution in [0, 0.1) is 34.5 Å². The summed E-state index contributed by atoms with van der Waals surface area (Å²) in [7, 11) is 0. The van der Waals surface area contributed by atoms with Gasteiger partial charge in [-0.15, -0.1) is 0 Å². The lowest BCUT2D eigenvalue weighted by atomic mass is 9.45. The molecule has 0 spiro atoms. The quantitative estimate of drug-likeness (QED) is 0.723. The summed E-state index contributed by atoms with van der Waals surface area (Å²) < 4.78 is 0. The molecular weight excluding hydrogens is 276 g/mol. The third-order valence-electron chi connectivity index (χ3n) is 8.39. The summed E-state index contributed by atoms with van der Waals surface area (Å²) >= 11 is 0. The van der Waals surface area contributed by atoms with Crippen LogP contribution in [-0.2, 0) is 4.79 Å². The maximum Gasteiger partial charge on any atom is 0.136 e. The van der Waals surface area contributed by atoms with Crippen molar-refractivity contribution in [2.45, 2.75) is 77.4 Å². The molecule has 3 heteroatoms. The van der Waals surface area contributed by atoms with Gasteiger partial charge in [0.1, 0.15) is 5.78 Å². The van der Waals surface area contributed by atoms with Crippen LogP contribution in [0.5, 0.6) is 0 Å². The highest BCUT2D eigenvalue weighted by atomic mass is 16.3. The van der Waals surface area contributed by atoms with Crippen molar-refractivity contribution in [2.24, 2.45) is 34.5 Å². The Bertz CT molecular complexity index is 489. The first-order valence-corrected chi connectivity index (χ1v) is 9.25. The number of carbonyl (C=O) groups is 1. The molecule has 8 atom stereocenters. The van der Waals surface area contributed by atoms with Crippen LogP contribution in [0.15, 0.2) is 0 Å². The van der Waals surface area contributed by atoms with Gasteiger partial charge in [-0.2, -0.15) is 0 Å². The number of hydrogen-bond donors (Lipinski definition) is 2. The summed E-state index contributed by atoms with van der Waals surface area (Å²) in [5.41, 5.74) is 0.195. The summed E-state index contributed by atoms with van der Waals surface area (Å²) in [6.45, 7) is 4.61. The minimum absolute atomic E-state index is 0.0335. The molecular formula is C19H30O3. The van der Waals surface area contributed by atoms with Crippen LogP contribution in [0.25, 0.3) is 0 Å². The van der Waals surface area contributed by atoms with Gasteiger partial charge in [-0.3, -0.25) is 4.79 Å². The van der Waals surface area contributed by atoms with Gasteiger partial charge >= 0.3 is 0 Å². The van der Waals surface area contributed by atoms with Crippen LogP contribution in [0.4, 0.5) is 0 Å². The molecule has 124 valence electrons. The van der Waals surface area contributed by atoms with Gasteiger partial charge < -0.3 is 10.2 Å². The Morgan fingerprint density at radius 2 is 1.64 bits per heavy atom. The Balaban J connectivity index is 1.69. The number of carbonyl (C=O) groups excluding carboxylic acids is 1. The van der Waals surface area contributed by atoms with E-state index >= 15 is 0 Å². The summed E-state index contributed by atoms with van der Waals surface area (Å²) in [6, 6.07) is 0. The number of rotatable bonds is 0. The molecule has 22 heavy (non-hydrogen) atoms. The van der Waals surface area contributed by atoms with Gasteiger partial charge in [0.25, 0.3) is 0 Å². The lowest BCUT2D eigenvalue weighted by Crippen LogP contribution is -2.57. The van der Waals surface area contributed by atoms with Crippen molar-refractivity contribution in [3.05, 3.63) is 0 Å². The molecule has 4 fully saturated rings. The fraction of sp³-hybridized carbons (Fsp3) is 0.947. The van der Waals surface area contributed by atoms with E-state index in [0.29, 0.717) is 30.0 Å². The monoisotopic (exact) mass is 306 g/mol. The highest BCUT2D eigenvalue weighted by molar-refractivity contribution is 5.83. The first-order chi connectivity index (χ1) is 10.4. The highest BCUT2D eigenvalue weighted by Crippen LogP contribution is 2.65. The van der Waals surface area contributed by atoms with E-state index in [0.717, 1.165) is 44.9 Å². The van der Waals surface area contributed by atoms with Crippen molar-refractivity contribution in [2.75, 3.05) is 0 Å². The van der Waals surface area contributed by atoms with E-state index in [2.05, 4.69) is 13.8 Å². The van der Waals surface area contributed by atoms with Crippen LogP contribution in [0.3, 0.4) is 0 Å². The molecule has 4 aliphatic carbocycles. The largest absolute Gasteiger partial charge is 0.393 e. The van der Waals surface area contributed by atoms with E-state index in [1.54, 1.807) is 0 Å². The lowest BCUT2D eigenvalue weighted by molar-refractivity contribution is -0.162. The van der Waals surface area contributed by atoms with Crippen LogP contribution < -0.4 is 0 Å². The van der Waals surface area contributed by atoms with E-state index in [9.17, 15) is 15.0 Å². The zero-order valence-electron chi connectivity index (χ0n) is 13.9. The van der Waals surface area contributed by atoms with Crippen molar-refractivity contribution in [3.63, 3.8) is 0 Å². The molecule has 4 aliphatic rings. The molecule has 0 radical (unpaired) electrons. The lowest BCUT2D eigenvalue weighted by Gasteiger charge is -2.59. The number of Topliss-reactive ketones (excluding diaryl/α,β-unsaturated/α-hetero) is 1. The fourth-order valence-electron chi connectivity index (χ4n) is 6.88. The molecule has 4 rings (SSSR count). The van der Waals surface area contributed by atoms with Gasteiger partial charge in [0.2, 0.25) is 0 Å². The Kier molecular flexibility index (Phi) is 3.30. The molecule has 2 N–H and O–H groups in total. The minimum Gasteiger partial charge on any atom is -0.393 e. The molecule has 0 aliphatic heterocycles. The minimum atomic E-state index is -0.218. The molecule has 3 nitrogen and oxygen atoms in total. The van der Waals surface area contributed by atoms with Crippen molar-refractivity contribution in [1.29, 1.82) is 0 Å². The Morgan fingerprint density at radius 3 is 2.41 bits per heavy atom. The molecule has 0 amide bonds. The number of hydrogen-bond acceptors (Lipinski definition) is 3. The average molecular weight is 306 g/mol. The maximum absolute atomic E-state index is 13.0. The standard InChI is InChI=1S/C19H30O3/c1-18-7-5-12(20)9-11(18)10-15(21)17-13-3-4-16(22)19(13,2)8-6-14(17)18/h11-14,16-17,20,22H,3-10H2,1-2H3/t11-,12+,13+,14+,16+,17-,18+,19-/m1/s1. The van der Waals surface area contributed by atoms with Gasteiger partial charge in [-0.05, 0) is 73.5 Å². The van der Waals surface area contributed by atoms with Crippen LogP contribution in [-0.4, -0.2) is 28.2 Å². The molecule has 0 heterocycles. The normalized spacial score (nSPS) is 57.9. The van der Waals surface area contributed by atoms with Gasteiger partial charge in [0.05, 0.1) is 12.2 Å². The second kappa shape index (κ2) is 4.80. The number of ketones is 1. The summed E-state index contributed by atoms with van der Waals surface area (Å²) in [5, 5.41) is 20.5. The second-order valence-corrected chi connectivity index (χ2v) is 9.18.